The Balaban J connectivity index is 1.77. The minimum atomic E-state index is 0.388. The van der Waals surface area contributed by atoms with Crippen molar-refractivity contribution in [2.75, 3.05) is 17.7 Å². The summed E-state index contributed by atoms with van der Waals surface area (Å²) in [6.07, 6.45) is 3.68. The quantitative estimate of drug-likeness (QED) is 0.680. The highest BCUT2D eigenvalue weighted by Crippen LogP contribution is 2.44. The van der Waals surface area contributed by atoms with E-state index in [1.54, 1.807) is 29.4 Å². The minimum absolute atomic E-state index is 0.388. The Morgan fingerprint density at radius 3 is 2.77 bits per heavy atom. The van der Waals surface area contributed by atoms with Crippen LogP contribution in [-0.4, -0.2) is 27.8 Å². The van der Waals surface area contributed by atoms with Crippen LogP contribution < -0.4 is 4.90 Å². The van der Waals surface area contributed by atoms with Gasteiger partial charge >= 0.3 is 0 Å². The van der Waals surface area contributed by atoms with Crippen molar-refractivity contribution in [3.8, 4) is 0 Å². The minimum Gasteiger partial charge on any atom is -0.348 e. The third kappa shape index (κ3) is 2.18. The zero-order chi connectivity index (χ0) is 15.1. The summed E-state index contributed by atoms with van der Waals surface area (Å²) in [5, 5.41) is 0. The largest absolute Gasteiger partial charge is 0.348 e. The molecule has 3 aromatic rings. The molecule has 1 aromatic carbocycles. The molecule has 0 saturated carbocycles. The lowest BCUT2D eigenvalue weighted by molar-refractivity contribution is 0.323. The third-order valence-electron chi connectivity index (χ3n) is 4.10. The van der Waals surface area contributed by atoms with Gasteiger partial charge in [0.2, 0.25) is 0 Å². The molecule has 22 heavy (non-hydrogen) atoms. The highest BCUT2D eigenvalue weighted by atomic mass is 32.2. The molecule has 1 aliphatic heterocycles. The van der Waals surface area contributed by atoms with Crippen LogP contribution in [0.5, 0.6) is 0 Å². The van der Waals surface area contributed by atoms with Crippen molar-refractivity contribution >= 4 is 39.3 Å². The van der Waals surface area contributed by atoms with Gasteiger partial charge in [0.15, 0.2) is 15.8 Å². The summed E-state index contributed by atoms with van der Waals surface area (Å²) in [6.45, 7) is 3.32. The van der Waals surface area contributed by atoms with Gasteiger partial charge in [-0.15, -0.1) is 11.3 Å². The summed E-state index contributed by atoms with van der Waals surface area (Å²) in [4.78, 5) is 15.8. The fourth-order valence-corrected chi connectivity index (χ4v) is 4.60. The highest BCUT2D eigenvalue weighted by Gasteiger charge is 2.38. The molecule has 0 N–H and O–H groups in total. The number of anilines is 1. The third-order valence-corrected chi connectivity index (χ3v) is 6.13. The number of hydrogen-bond acceptors (Lipinski definition) is 6. The van der Waals surface area contributed by atoms with E-state index in [-0.39, 0.29) is 0 Å². The average molecular weight is 328 g/mol. The Bertz CT molecular complexity index is 802. The standard InChI is InChI=1S/C16H16N4S2/c1-10-8-20(12(10)11-6-4-3-5-7-11)15-13-14(17-9-18-15)19-16(21-2)22-13/h3-7,9-10,12H,8H2,1-2H3. The fourth-order valence-electron chi connectivity index (χ4n) is 3.08. The summed E-state index contributed by atoms with van der Waals surface area (Å²) in [5.74, 6) is 1.65. The van der Waals surface area contributed by atoms with Gasteiger partial charge in [0.1, 0.15) is 11.0 Å². The van der Waals surface area contributed by atoms with Crippen LogP contribution >= 0.6 is 23.1 Å². The molecule has 1 aliphatic rings. The molecule has 0 amide bonds. The average Bonchev–Trinajstić information content (AvgIpc) is 2.97. The first kappa shape index (κ1) is 14.0. The van der Waals surface area contributed by atoms with Gasteiger partial charge in [0.05, 0.1) is 6.04 Å². The first-order chi connectivity index (χ1) is 10.8. The first-order valence-electron chi connectivity index (χ1n) is 7.25. The monoisotopic (exact) mass is 328 g/mol. The van der Waals surface area contributed by atoms with E-state index in [0.29, 0.717) is 12.0 Å². The van der Waals surface area contributed by atoms with Crippen molar-refractivity contribution in [1.29, 1.82) is 0 Å². The smallest absolute Gasteiger partial charge is 0.176 e. The predicted molar refractivity (Wildman–Crippen MR) is 92.7 cm³/mol. The predicted octanol–water partition coefficient (Wildman–Crippen LogP) is 4.01. The van der Waals surface area contributed by atoms with Crippen LogP contribution in [0.1, 0.15) is 18.5 Å². The van der Waals surface area contributed by atoms with Gasteiger partial charge in [0.25, 0.3) is 0 Å². The zero-order valence-corrected chi connectivity index (χ0v) is 14.1. The number of rotatable bonds is 3. The van der Waals surface area contributed by atoms with Gasteiger partial charge in [-0.05, 0) is 17.7 Å². The number of aromatic nitrogens is 3. The van der Waals surface area contributed by atoms with Gasteiger partial charge in [-0.2, -0.15) is 0 Å². The van der Waals surface area contributed by atoms with Gasteiger partial charge in [-0.3, -0.25) is 0 Å². The van der Waals surface area contributed by atoms with Crippen molar-refractivity contribution in [1.82, 2.24) is 15.0 Å². The van der Waals surface area contributed by atoms with Crippen molar-refractivity contribution in [2.45, 2.75) is 17.3 Å². The van der Waals surface area contributed by atoms with Crippen molar-refractivity contribution in [2.24, 2.45) is 5.92 Å². The number of benzene rings is 1. The van der Waals surface area contributed by atoms with E-state index in [0.717, 1.165) is 27.0 Å². The number of thioether (sulfide) groups is 1. The van der Waals surface area contributed by atoms with E-state index in [1.807, 2.05) is 6.26 Å². The lowest BCUT2D eigenvalue weighted by Gasteiger charge is -2.47. The fraction of sp³-hybridized carbons (Fsp3) is 0.312. The van der Waals surface area contributed by atoms with E-state index in [9.17, 15) is 0 Å². The molecule has 6 heteroatoms. The molecule has 1 fully saturated rings. The lowest BCUT2D eigenvalue weighted by atomic mass is 9.85. The van der Waals surface area contributed by atoms with E-state index in [1.165, 1.54) is 5.56 Å². The second kappa shape index (κ2) is 5.52. The molecule has 2 unspecified atom stereocenters. The van der Waals surface area contributed by atoms with Gasteiger partial charge < -0.3 is 4.90 Å². The maximum atomic E-state index is 4.56. The summed E-state index contributed by atoms with van der Waals surface area (Å²) < 4.78 is 2.14. The van der Waals surface area contributed by atoms with E-state index in [4.69, 9.17) is 0 Å². The maximum absolute atomic E-state index is 4.56. The first-order valence-corrected chi connectivity index (χ1v) is 9.29. The summed E-state index contributed by atoms with van der Waals surface area (Å²) in [7, 11) is 0. The molecule has 4 rings (SSSR count). The van der Waals surface area contributed by atoms with Crippen LogP contribution in [0.15, 0.2) is 41.0 Å². The van der Waals surface area contributed by atoms with E-state index in [2.05, 4.69) is 57.1 Å². The summed E-state index contributed by atoms with van der Waals surface area (Å²) in [6, 6.07) is 11.1. The molecule has 3 heterocycles. The molecule has 0 spiro atoms. The Morgan fingerprint density at radius 1 is 1.23 bits per heavy atom. The molecule has 4 nitrogen and oxygen atoms in total. The topological polar surface area (TPSA) is 41.9 Å². The van der Waals surface area contributed by atoms with Crippen molar-refractivity contribution in [3.05, 3.63) is 42.2 Å². The van der Waals surface area contributed by atoms with Crippen LogP contribution in [0, 0.1) is 5.92 Å². The zero-order valence-electron chi connectivity index (χ0n) is 12.4. The number of fused-ring (bicyclic) bond motifs is 1. The summed E-state index contributed by atoms with van der Waals surface area (Å²) in [5.41, 5.74) is 2.16. The Labute approximate surface area is 137 Å². The second-order valence-corrected chi connectivity index (χ2v) is 7.57. The van der Waals surface area contributed by atoms with Crippen molar-refractivity contribution < 1.29 is 0 Å². The van der Waals surface area contributed by atoms with Crippen LogP contribution in [0.4, 0.5) is 5.82 Å². The van der Waals surface area contributed by atoms with E-state index < -0.39 is 0 Å². The van der Waals surface area contributed by atoms with Gasteiger partial charge in [-0.25, -0.2) is 15.0 Å². The lowest BCUT2D eigenvalue weighted by Crippen LogP contribution is -2.49. The molecule has 0 aliphatic carbocycles. The maximum Gasteiger partial charge on any atom is 0.176 e. The summed E-state index contributed by atoms with van der Waals surface area (Å²) >= 11 is 3.34. The molecule has 1 saturated heterocycles. The number of hydrogen-bond donors (Lipinski definition) is 0. The Kier molecular flexibility index (Phi) is 3.50. The normalized spacial score (nSPS) is 21.1. The molecule has 2 aromatic heterocycles. The molecular weight excluding hydrogens is 312 g/mol. The molecule has 0 bridgehead atoms. The van der Waals surface area contributed by atoms with Crippen LogP contribution in [0.3, 0.4) is 0 Å². The van der Waals surface area contributed by atoms with Crippen LogP contribution in [-0.2, 0) is 0 Å². The molecule has 112 valence electrons. The number of nitrogens with zero attached hydrogens (tertiary/aromatic N) is 4. The Hall–Kier alpha value is -1.66. The molecular formula is C16H16N4S2. The van der Waals surface area contributed by atoms with Crippen molar-refractivity contribution in [3.63, 3.8) is 0 Å². The van der Waals surface area contributed by atoms with E-state index >= 15 is 0 Å². The second-order valence-electron chi connectivity index (χ2n) is 5.52. The van der Waals surface area contributed by atoms with Crippen LogP contribution in [0.25, 0.3) is 10.3 Å². The van der Waals surface area contributed by atoms with Gasteiger partial charge in [0, 0.05) is 6.54 Å². The number of thiazole rings is 1. The Morgan fingerprint density at radius 2 is 2.05 bits per heavy atom. The highest BCUT2D eigenvalue weighted by molar-refractivity contribution is 8.00. The van der Waals surface area contributed by atoms with Gasteiger partial charge in [-0.1, -0.05) is 49.0 Å². The molecule has 0 radical (unpaired) electrons. The van der Waals surface area contributed by atoms with Crippen LogP contribution in [0.2, 0.25) is 0 Å². The molecule has 2 atom stereocenters. The SMILES string of the molecule is CSc1nc2ncnc(N3CC(C)C3c3ccccc3)c2s1.